The second kappa shape index (κ2) is 9.70. The first-order valence-corrected chi connectivity index (χ1v) is 7.30. The number of carboxylic acids is 2. The minimum atomic E-state index is -1.56. The second-order valence-electron chi connectivity index (χ2n) is 5.30. The van der Waals surface area contributed by atoms with Gasteiger partial charge in [-0.15, -0.1) is 0 Å². The predicted molar refractivity (Wildman–Crippen MR) is 82.1 cm³/mol. The number of rotatable bonds is 11. The summed E-state index contributed by atoms with van der Waals surface area (Å²) in [5.41, 5.74) is 0.958. The van der Waals surface area contributed by atoms with Crippen LogP contribution in [0.3, 0.4) is 0 Å². The minimum absolute atomic E-state index is 0.0584. The monoisotopic (exact) mass is 323 g/mol. The van der Waals surface area contributed by atoms with Gasteiger partial charge in [0.2, 0.25) is 0 Å². The minimum Gasteiger partial charge on any atom is -0.481 e. The van der Waals surface area contributed by atoms with E-state index >= 15 is 0 Å². The van der Waals surface area contributed by atoms with Crippen LogP contribution >= 0.6 is 0 Å². The Labute approximate surface area is 133 Å². The first-order chi connectivity index (χ1) is 10.9. The predicted octanol–water partition coefficient (Wildman–Crippen LogP) is 0.457. The van der Waals surface area contributed by atoms with Crippen molar-refractivity contribution in [3.8, 4) is 0 Å². The highest BCUT2D eigenvalue weighted by Crippen LogP contribution is 2.06. The van der Waals surface area contributed by atoms with Gasteiger partial charge in [0, 0.05) is 12.5 Å². The van der Waals surface area contributed by atoms with Crippen LogP contribution in [0, 0.1) is 0 Å². The molecule has 1 aromatic carbocycles. The molecule has 7 nitrogen and oxygen atoms in total. The molecule has 0 aromatic heterocycles. The smallest absolute Gasteiger partial charge is 0.332 e. The molecule has 2 atom stereocenters. The Hall–Kier alpha value is -2.25. The van der Waals surface area contributed by atoms with Gasteiger partial charge in [-0.25, -0.2) is 4.79 Å². The van der Waals surface area contributed by atoms with Gasteiger partial charge in [-0.3, -0.25) is 9.59 Å². The van der Waals surface area contributed by atoms with Crippen LogP contribution in [0.15, 0.2) is 30.3 Å². The van der Waals surface area contributed by atoms with Crippen LogP contribution in [-0.4, -0.2) is 51.7 Å². The molecule has 0 spiro atoms. The van der Waals surface area contributed by atoms with Crippen molar-refractivity contribution in [2.75, 3.05) is 6.54 Å². The van der Waals surface area contributed by atoms with Gasteiger partial charge in [-0.1, -0.05) is 30.3 Å². The Balaban J connectivity index is 2.46. The van der Waals surface area contributed by atoms with Crippen LogP contribution in [0.4, 0.5) is 0 Å². The van der Waals surface area contributed by atoms with Gasteiger partial charge in [0.05, 0.1) is 13.0 Å². The van der Waals surface area contributed by atoms with E-state index in [0.29, 0.717) is 6.42 Å². The molecular weight excluding hydrogens is 302 g/mol. The third-order valence-electron chi connectivity index (χ3n) is 3.32. The van der Waals surface area contributed by atoms with E-state index in [2.05, 4.69) is 5.32 Å². The molecule has 0 aliphatic carbocycles. The number of carboxylic acid groups (broad SMARTS) is 2. The van der Waals surface area contributed by atoms with E-state index in [0.717, 1.165) is 5.56 Å². The molecule has 1 aromatic rings. The van der Waals surface area contributed by atoms with Gasteiger partial charge in [0.15, 0.2) is 6.10 Å². The number of hydrogen-bond acceptors (Lipinski definition) is 5. The molecule has 0 aliphatic rings. The molecule has 126 valence electrons. The number of benzene rings is 1. The summed E-state index contributed by atoms with van der Waals surface area (Å²) in [5, 5.41) is 29.5. The second-order valence-corrected chi connectivity index (χ2v) is 5.30. The zero-order valence-corrected chi connectivity index (χ0v) is 12.6. The summed E-state index contributed by atoms with van der Waals surface area (Å²) in [7, 11) is 0. The molecule has 0 radical (unpaired) electrons. The molecule has 0 bridgehead atoms. The summed E-state index contributed by atoms with van der Waals surface area (Å²) in [6.45, 7) is -0.0584. The first-order valence-electron chi connectivity index (χ1n) is 7.30. The van der Waals surface area contributed by atoms with Crippen molar-refractivity contribution < 1.29 is 29.7 Å². The van der Waals surface area contributed by atoms with Crippen molar-refractivity contribution in [2.24, 2.45) is 0 Å². The topological polar surface area (TPSA) is 124 Å². The number of ketones is 1. The van der Waals surface area contributed by atoms with Crippen molar-refractivity contribution in [3.05, 3.63) is 35.9 Å². The van der Waals surface area contributed by atoms with Crippen molar-refractivity contribution in [1.29, 1.82) is 0 Å². The Bertz CT molecular complexity index is 531. The van der Waals surface area contributed by atoms with E-state index in [9.17, 15) is 14.4 Å². The van der Waals surface area contributed by atoms with Crippen molar-refractivity contribution >= 4 is 17.7 Å². The molecule has 0 unspecified atom stereocenters. The molecule has 0 aliphatic heterocycles. The molecule has 1 rings (SSSR count). The average molecular weight is 323 g/mol. The third-order valence-corrected chi connectivity index (χ3v) is 3.32. The quantitative estimate of drug-likeness (QED) is 0.466. The summed E-state index contributed by atoms with van der Waals surface area (Å²) >= 11 is 0. The number of aliphatic hydroxyl groups excluding tert-OH is 1. The largest absolute Gasteiger partial charge is 0.481 e. The van der Waals surface area contributed by atoms with Crippen LogP contribution < -0.4 is 5.32 Å². The van der Waals surface area contributed by atoms with Gasteiger partial charge in [-0.05, 0) is 18.4 Å². The SMILES string of the molecule is O=C(O)C[C@@H](Cc1ccccc1)NCC(=O)CC[C@H](O)C(=O)O. The lowest BCUT2D eigenvalue weighted by Gasteiger charge is -2.16. The fraction of sp³-hybridized carbons (Fsp3) is 0.438. The van der Waals surface area contributed by atoms with Crippen LogP contribution in [0.1, 0.15) is 24.8 Å². The number of Topliss-reactive ketones (excluding diaryl/α,β-unsaturated/α-hetero) is 1. The lowest BCUT2D eigenvalue weighted by Crippen LogP contribution is -2.37. The zero-order chi connectivity index (χ0) is 17.2. The zero-order valence-electron chi connectivity index (χ0n) is 12.6. The highest BCUT2D eigenvalue weighted by molar-refractivity contribution is 5.81. The normalized spacial score (nSPS) is 13.3. The molecule has 0 fully saturated rings. The number of carbonyl (C=O) groups excluding carboxylic acids is 1. The molecule has 0 saturated carbocycles. The number of hydrogen-bond donors (Lipinski definition) is 4. The number of aliphatic hydroxyl groups is 1. The van der Waals surface area contributed by atoms with E-state index in [1.54, 1.807) is 0 Å². The van der Waals surface area contributed by atoms with Gasteiger partial charge in [0.1, 0.15) is 5.78 Å². The van der Waals surface area contributed by atoms with E-state index in [1.807, 2.05) is 30.3 Å². The number of nitrogens with one attached hydrogen (secondary N) is 1. The van der Waals surface area contributed by atoms with Gasteiger partial charge in [-0.2, -0.15) is 0 Å². The molecule has 0 saturated heterocycles. The summed E-state index contributed by atoms with van der Waals surface area (Å²) in [4.78, 5) is 33.1. The highest BCUT2D eigenvalue weighted by atomic mass is 16.4. The summed E-state index contributed by atoms with van der Waals surface area (Å²) in [6, 6.07) is 8.92. The van der Waals surface area contributed by atoms with Crippen LogP contribution in [-0.2, 0) is 20.8 Å². The molecule has 4 N–H and O–H groups in total. The summed E-state index contributed by atoms with van der Waals surface area (Å²) < 4.78 is 0. The van der Waals surface area contributed by atoms with Crippen molar-refractivity contribution in [2.45, 2.75) is 37.8 Å². The molecule has 0 heterocycles. The van der Waals surface area contributed by atoms with Gasteiger partial charge in [0.25, 0.3) is 0 Å². The van der Waals surface area contributed by atoms with E-state index < -0.39 is 24.1 Å². The molecule has 0 amide bonds. The molecule has 7 heteroatoms. The van der Waals surface area contributed by atoms with Crippen LogP contribution in [0.25, 0.3) is 0 Å². The Kier molecular flexibility index (Phi) is 7.93. The fourth-order valence-electron chi connectivity index (χ4n) is 2.09. The van der Waals surface area contributed by atoms with Crippen LogP contribution in [0.2, 0.25) is 0 Å². The first kappa shape index (κ1) is 18.8. The van der Waals surface area contributed by atoms with Crippen molar-refractivity contribution in [3.63, 3.8) is 0 Å². The molecule has 23 heavy (non-hydrogen) atoms. The molecular formula is C16H21NO6. The Morgan fingerprint density at radius 1 is 1.09 bits per heavy atom. The maximum Gasteiger partial charge on any atom is 0.332 e. The highest BCUT2D eigenvalue weighted by Gasteiger charge is 2.17. The summed E-state index contributed by atoms with van der Waals surface area (Å²) in [6.07, 6.45) is -1.44. The standard InChI is InChI=1S/C16H21NO6/c18-13(6-7-14(19)16(22)23)10-17-12(9-15(20)21)8-11-4-2-1-3-5-11/h1-5,12,14,17,19H,6-10H2,(H,20,21)(H,22,23)/t12-,14+/m1/s1. The number of aliphatic carboxylic acids is 2. The number of carbonyl (C=O) groups is 3. The maximum atomic E-state index is 11.7. The fourth-order valence-corrected chi connectivity index (χ4v) is 2.09. The lowest BCUT2D eigenvalue weighted by atomic mass is 10.0. The maximum absolute atomic E-state index is 11.7. The van der Waals surface area contributed by atoms with Crippen molar-refractivity contribution in [1.82, 2.24) is 5.32 Å². The average Bonchev–Trinajstić information content (AvgIpc) is 2.50. The lowest BCUT2D eigenvalue weighted by molar-refractivity contribution is -0.147. The van der Waals surface area contributed by atoms with E-state index in [-0.39, 0.29) is 31.6 Å². The van der Waals surface area contributed by atoms with Gasteiger partial charge >= 0.3 is 11.9 Å². The summed E-state index contributed by atoms with van der Waals surface area (Å²) in [5.74, 6) is -2.60. The Morgan fingerprint density at radius 3 is 2.30 bits per heavy atom. The van der Waals surface area contributed by atoms with Gasteiger partial charge < -0.3 is 20.6 Å². The third kappa shape index (κ3) is 8.08. The van der Waals surface area contributed by atoms with E-state index in [4.69, 9.17) is 15.3 Å². The van der Waals surface area contributed by atoms with Crippen LogP contribution in [0.5, 0.6) is 0 Å². The van der Waals surface area contributed by atoms with E-state index in [1.165, 1.54) is 0 Å². The Morgan fingerprint density at radius 2 is 1.74 bits per heavy atom.